The standard InChI is InChI=1S/C24H28ClNO4S2/c1-23(2,3)30-22(28)26-20(18-10-12-19(25)13-11-18)24(31-14-7-15-32-24)21(27)29-16-17-8-5-4-6-9-17/h4-6,8-13,20H,7,14-16H2,1-3H3,(H,26,28)/t20-/m0/s1. The summed E-state index contributed by atoms with van der Waals surface area (Å²) >= 11 is 9.11. The van der Waals surface area contributed by atoms with E-state index in [0.29, 0.717) is 5.02 Å². The fraction of sp³-hybridized carbons (Fsp3) is 0.417. The summed E-state index contributed by atoms with van der Waals surface area (Å²) in [5, 5.41) is 3.53. The minimum Gasteiger partial charge on any atom is -0.459 e. The number of hydrogen-bond donors (Lipinski definition) is 1. The Morgan fingerprint density at radius 2 is 1.69 bits per heavy atom. The van der Waals surface area contributed by atoms with E-state index in [1.54, 1.807) is 32.9 Å². The maximum atomic E-state index is 13.6. The van der Waals surface area contributed by atoms with Gasteiger partial charge in [0.25, 0.3) is 0 Å². The minimum absolute atomic E-state index is 0.169. The molecular weight excluding hydrogens is 466 g/mol. The first-order valence-electron chi connectivity index (χ1n) is 10.4. The Morgan fingerprint density at radius 1 is 1.06 bits per heavy atom. The first-order valence-corrected chi connectivity index (χ1v) is 12.8. The zero-order valence-electron chi connectivity index (χ0n) is 18.4. The molecular formula is C24H28ClNO4S2. The van der Waals surface area contributed by atoms with Gasteiger partial charge in [0.05, 0.1) is 6.04 Å². The molecule has 172 valence electrons. The molecule has 0 radical (unpaired) electrons. The van der Waals surface area contributed by atoms with E-state index in [2.05, 4.69) is 5.32 Å². The summed E-state index contributed by atoms with van der Waals surface area (Å²) < 4.78 is 10.2. The lowest BCUT2D eigenvalue weighted by atomic mass is 10.0. The molecule has 2 aromatic carbocycles. The molecule has 32 heavy (non-hydrogen) atoms. The summed E-state index contributed by atoms with van der Waals surface area (Å²) in [5.74, 6) is 1.20. The van der Waals surface area contributed by atoms with Crippen LogP contribution in [0.1, 0.15) is 44.4 Å². The van der Waals surface area contributed by atoms with Crippen molar-refractivity contribution in [3.63, 3.8) is 0 Å². The van der Waals surface area contributed by atoms with E-state index >= 15 is 0 Å². The van der Waals surface area contributed by atoms with Crippen molar-refractivity contribution >= 4 is 47.2 Å². The normalized spacial score (nSPS) is 16.6. The number of amides is 1. The van der Waals surface area contributed by atoms with Crippen molar-refractivity contribution in [1.82, 2.24) is 5.32 Å². The predicted octanol–water partition coefficient (Wildman–Crippen LogP) is 6.22. The number of thioether (sulfide) groups is 2. The Kier molecular flexibility index (Phi) is 8.42. The van der Waals surface area contributed by atoms with E-state index in [9.17, 15) is 9.59 Å². The molecule has 0 bridgehead atoms. The Bertz CT molecular complexity index is 910. The Balaban J connectivity index is 1.92. The Morgan fingerprint density at radius 3 is 2.28 bits per heavy atom. The van der Waals surface area contributed by atoms with Crippen LogP contribution in [0.15, 0.2) is 54.6 Å². The van der Waals surface area contributed by atoms with Gasteiger partial charge in [0, 0.05) is 5.02 Å². The van der Waals surface area contributed by atoms with Gasteiger partial charge in [-0.25, -0.2) is 9.59 Å². The van der Waals surface area contributed by atoms with E-state index in [-0.39, 0.29) is 12.6 Å². The van der Waals surface area contributed by atoms with Crippen LogP contribution >= 0.6 is 35.1 Å². The van der Waals surface area contributed by atoms with Crippen LogP contribution in [0.4, 0.5) is 4.79 Å². The summed E-state index contributed by atoms with van der Waals surface area (Å²) in [5.41, 5.74) is 1.01. The number of carbonyl (C=O) groups is 2. The number of nitrogens with one attached hydrogen (secondary N) is 1. The molecule has 1 aliphatic rings. The lowest BCUT2D eigenvalue weighted by Crippen LogP contribution is -2.50. The Hall–Kier alpha value is -1.83. The molecule has 0 unspecified atom stereocenters. The van der Waals surface area contributed by atoms with Crippen molar-refractivity contribution in [3.05, 3.63) is 70.7 Å². The maximum absolute atomic E-state index is 13.6. The van der Waals surface area contributed by atoms with Crippen molar-refractivity contribution < 1.29 is 19.1 Å². The second-order valence-electron chi connectivity index (χ2n) is 8.41. The van der Waals surface area contributed by atoms with Gasteiger partial charge >= 0.3 is 12.1 Å². The van der Waals surface area contributed by atoms with Gasteiger partial charge in [-0.05, 0) is 62.0 Å². The number of halogens is 1. The fourth-order valence-electron chi connectivity index (χ4n) is 3.25. The van der Waals surface area contributed by atoms with Crippen molar-refractivity contribution in [3.8, 4) is 0 Å². The highest BCUT2D eigenvalue weighted by Gasteiger charge is 2.51. The molecule has 8 heteroatoms. The molecule has 1 heterocycles. The highest BCUT2D eigenvalue weighted by Crippen LogP contribution is 2.51. The molecule has 1 amide bonds. The molecule has 0 aliphatic carbocycles. The van der Waals surface area contributed by atoms with Crippen LogP contribution in [-0.4, -0.2) is 33.2 Å². The number of carbonyl (C=O) groups excluding carboxylic acids is 2. The zero-order chi connectivity index (χ0) is 23.2. The third kappa shape index (κ3) is 6.59. The van der Waals surface area contributed by atoms with Gasteiger partial charge in [0.2, 0.25) is 0 Å². The number of benzene rings is 2. The SMILES string of the molecule is CC(C)(C)OC(=O)N[C@@H](c1ccc(Cl)cc1)C1(C(=O)OCc2ccccc2)SCCCS1. The monoisotopic (exact) mass is 493 g/mol. The molecule has 3 rings (SSSR count). The summed E-state index contributed by atoms with van der Waals surface area (Å²) in [4.78, 5) is 26.3. The first kappa shape index (κ1) is 24.8. The molecule has 1 aliphatic heterocycles. The minimum atomic E-state index is -1.04. The average molecular weight is 494 g/mol. The van der Waals surface area contributed by atoms with Crippen molar-refractivity contribution in [2.24, 2.45) is 0 Å². The van der Waals surface area contributed by atoms with E-state index in [4.69, 9.17) is 21.1 Å². The molecule has 2 aromatic rings. The lowest BCUT2D eigenvalue weighted by molar-refractivity contribution is -0.146. The fourth-order valence-corrected chi connectivity index (χ4v) is 6.66. The van der Waals surface area contributed by atoms with Crippen LogP contribution in [-0.2, 0) is 20.9 Å². The molecule has 1 saturated heterocycles. The number of esters is 1. The second-order valence-corrected chi connectivity index (χ2v) is 11.8. The summed E-state index contributed by atoms with van der Waals surface area (Å²) in [7, 11) is 0. The van der Waals surface area contributed by atoms with Crippen LogP contribution in [0.3, 0.4) is 0 Å². The van der Waals surface area contributed by atoms with Gasteiger partial charge in [0.1, 0.15) is 12.2 Å². The van der Waals surface area contributed by atoms with Crippen LogP contribution in [0.2, 0.25) is 5.02 Å². The number of alkyl carbamates (subject to hydrolysis) is 1. The Labute approximate surface area is 203 Å². The van der Waals surface area contributed by atoms with E-state index in [1.165, 1.54) is 23.5 Å². The molecule has 0 spiro atoms. The molecule has 1 atom stereocenters. The molecule has 0 saturated carbocycles. The molecule has 1 N–H and O–H groups in total. The number of ether oxygens (including phenoxy) is 2. The van der Waals surface area contributed by atoms with Gasteiger partial charge in [0.15, 0.2) is 4.08 Å². The van der Waals surface area contributed by atoms with E-state index < -0.39 is 21.8 Å². The smallest absolute Gasteiger partial charge is 0.408 e. The average Bonchev–Trinajstić information content (AvgIpc) is 2.76. The third-order valence-electron chi connectivity index (χ3n) is 4.66. The van der Waals surface area contributed by atoms with Crippen LogP contribution in [0, 0.1) is 0 Å². The van der Waals surface area contributed by atoms with Gasteiger partial charge < -0.3 is 14.8 Å². The number of hydrogen-bond acceptors (Lipinski definition) is 6. The topological polar surface area (TPSA) is 64.6 Å². The van der Waals surface area contributed by atoms with Crippen molar-refractivity contribution in [1.29, 1.82) is 0 Å². The van der Waals surface area contributed by atoms with Gasteiger partial charge in [-0.2, -0.15) is 0 Å². The molecule has 5 nitrogen and oxygen atoms in total. The zero-order valence-corrected chi connectivity index (χ0v) is 20.8. The van der Waals surface area contributed by atoms with E-state index in [0.717, 1.165) is 29.1 Å². The highest BCUT2D eigenvalue weighted by molar-refractivity contribution is 8.20. The highest BCUT2D eigenvalue weighted by atomic mass is 35.5. The van der Waals surface area contributed by atoms with E-state index in [1.807, 2.05) is 42.5 Å². The summed E-state index contributed by atoms with van der Waals surface area (Å²) in [6.45, 7) is 5.58. The third-order valence-corrected chi connectivity index (χ3v) is 8.27. The quantitative estimate of drug-likeness (QED) is 0.482. The predicted molar refractivity (Wildman–Crippen MR) is 132 cm³/mol. The number of rotatable bonds is 6. The molecule has 1 fully saturated rings. The van der Waals surface area contributed by atoms with Crippen LogP contribution in [0.5, 0.6) is 0 Å². The van der Waals surface area contributed by atoms with Crippen LogP contribution in [0.25, 0.3) is 0 Å². The lowest BCUT2D eigenvalue weighted by Gasteiger charge is -2.40. The second kappa shape index (κ2) is 10.9. The largest absolute Gasteiger partial charge is 0.459 e. The molecule has 0 aromatic heterocycles. The summed E-state index contributed by atoms with van der Waals surface area (Å²) in [6.07, 6.45) is 0.391. The van der Waals surface area contributed by atoms with Crippen LogP contribution < -0.4 is 5.32 Å². The van der Waals surface area contributed by atoms with Crippen molar-refractivity contribution in [2.75, 3.05) is 11.5 Å². The maximum Gasteiger partial charge on any atom is 0.408 e. The van der Waals surface area contributed by atoms with Crippen molar-refractivity contribution in [2.45, 2.75) is 49.5 Å². The van der Waals surface area contributed by atoms with Gasteiger partial charge in [-0.3, -0.25) is 0 Å². The van der Waals surface area contributed by atoms with Gasteiger partial charge in [-0.1, -0.05) is 54.1 Å². The summed E-state index contributed by atoms with van der Waals surface area (Å²) in [6, 6.07) is 16.1. The van der Waals surface area contributed by atoms with Gasteiger partial charge in [-0.15, -0.1) is 23.5 Å². The first-order chi connectivity index (χ1) is 15.2.